The number of hydrazine groups is 1. The Labute approximate surface area is 94.7 Å². The SMILES string of the molecule is NNC(CCCC(F)(F)F)CC1CCCC1. The van der Waals surface area contributed by atoms with Crippen LogP contribution in [-0.2, 0) is 0 Å². The van der Waals surface area contributed by atoms with Crippen molar-refractivity contribution in [1.29, 1.82) is 0 Å². The van der Waals surface area contributed by atoms with Crippen molar-refractivity contribution in [2.24, 2.45) is 11.8 Å². The lowest BCUT2D eigenvalue weighted by Crippen LogP contribution is -2.36. The fourth-order valence-corrected chi connectivity index (χ4v) is 2.47. The first-order valence-corrected chi connectivity index (χ1v) is 6.04. The second-order valence-electron chi connectivity index (χ2n) is 4.76. The first kappa shape index (κ1) is 13.8. The summed E-state index contributed by atoms with van der Waals surface area (Å²) in [4.78, 5) is 0. The van der Waals surface area contributed by atoms with Crippen molar-refractivity contribution in [2.75, 3.05) is 0 Å². The lowest BCUT2D eigenvalue weighted by Gasteiger charge is -2.19. The molecule has 0 aliphatic heterocycles. The highest BCUT2D eigenvalue weighted by Crippen LogP contribution is 2.30. The summed E-state index contributed by atoms with van der Waals surface area (Å²) < 4.78 is 35.9. The fraction of sp³-hybridized carbons (Fsp3) is 1.00. The topological polar surface area (TPSA) is 38.0 Å². The zero-order valence-corrected chi connectivity index (χ0v) is 9.52. The highest BCUT2D eigenvalue weighted by Gasteiger charge is 2.27. The Balaban J connectivity index is 2.15. The van der Waals surface area contributed by atoms with Crippen molar-refractivity contribution in [3.05, 3.63) is 0 Å². The molecule has 0 radical (unpaired) electrons. The molecule has 1 atom stereocenters. The Morgan fingerprint density at radius 2 is 1.88 bits per heavy atom. The van der Waals surface area contributed by atoms with E-state index >= 15 is 0 Å². The molecule has 0 aromatic rings. The van der Waals surface area contributed by atoms with Crippen LogP contribution in [-0.4, -0.2) is 12.2 Å². The van der Waals surface area contributed by atoms with Crippen LogP contribution in [0.15, 0.2) is 0 Å². The number of rotatable bonds is 6. The molecule has 3 N–H and O–H groups in total. The van der Waals surface area contributed by atoms with Crippen LogP contribution in [0.2, 0.25) is 0 Å². The van der Waals surface area contributed by atoms with Crippen LogP contribution < -0.4 is 11.3 Å². The van der Waals surface area contributed by atoms with E-state index in [1.54, 1.807) is 0 Å². The van der Waals surface area contributed by atoms with E-state index in [0.717, 1.165) is 6.42 Å². The standard InChI is InChI=1S/C11H21F3N2/c12-11(13,14)7-3-6-10(16-15)8-9-4-1-2-5-9/h9-10,16H,1-8,15H2. The summed E-state index contributed by atoms with van der Waals surface area (Å²) in [6.45, 7) is 0. The summed E-state index contributed by atoms with van der Waals surface area (Å²) in [5.74, 6) is 6.03. The number of nitrogens with two attached hydrogens (primary N) is 1. The van der Waals surface area contributed by atoms with Crippen molar-refractivity contribution in [3.8, 4) is 0 Å². The maximum atomic E-state index is 12.0. The largest absolute Gasteiger partial charge is 0.389 e. The van der Waals surface area contributed by atoms with Gasteiger partial charge in [0.05, 0.1) is 0 Å². The van der Waals surface area contributed by atoms with Crippen LogP contribution in [0.25, 0.3) is 0 Å². The molecule has 1 unspecified atom stereocenters. The van der Waals surface area contributed by atoms with Crippen LogP contribution in [0.3, 0.4) is 0 Å². The number of nitrogens with one attached hydrogen (secondary N) is 1. The van der Waals surface area contributed by atoms with Gasteiger partial charge in [-0.05, 0) is 25.2 Å². The second kappa shape index (κ2) is 6.45. The van der Waals surface area contributed by atoms with Gasteiger partial charge in [0.15, 0.2) is 0 Å². The zero-order valence-electron chi connectivity index (χ0n) is 9.52. The van der Waals surface area contributed by atoms with Crippen LogP contribution in [0, 0.1) is 5.92 Å². The maximum absolute atomic E-state index is 12.0. The zero-order chi connectivity index (χ0) is 12.0. The van der Waals surface area contributed by atoms with E-state index in [2.05, 4.69) is 5.43 Å². The molecule has 1 fully saturated rings. The van der Waals surface area contributed by atoms with Gasteiger partial charge >= 0.3 is 6.18 Å². The van der Waals surface area contributed by atoms with Crippen LogP contribution in [0.5, 0.6) is 0 Å². The average Bonchev–Trinajstić information content (AvgIpc) is 2.67. The van der Waals surface area contributed by atoms with Gasteiger partial charge in [0, 0.05) is 12.5 Å². The van der Waals surface area contributed by atoms with Crippen LogP contribution >= 0.6 is 0 Å². The molecule has 0 amide bonds. The Hall–Kier alpha value is -0.290. The molecule has 0 bridgehead atoms. The molecule has 16 heavy (non-hydrogen) atoms. The van der Waals surface area contributed by atoms with Crippen molar-refractivity contribution in [1.82, 2.24) is 5.43 Å². The van der Waals surface area contributed by atoms with Gasteiger partial charge in [-0.2, -0.15) is 13.2 Å². The fourth-order valence-electron chi connectivity index (χ4n) is 2.47. The highest BCUT2D eigenvalue weighted by atomic mass is 19.4. The summed E-state index contributed by atoms with van der Waals surface area (Å²) in [7, 11) is 0. The summed E-state index contributed by atoms with van der Waals surface area (Å²) in [6, 6.07) is 0.0467. The molecule has 0 saturated heterocycles. The van der Waals surface area contributed by atoms with Gasteiger partial charge in [-0.25, -0.2) is 0 Å². The third-order valence-corrected chi connectivity index (χ3v) is 3.34. The maximum Gasteiger partial charge on any atom is 0.389 e. The quantitative estimate of drug-likeness (QED) is 0.551. The van der Waals surface area contributed by atoms with E-state index in [0.29, 0.717) is 12.3 Å². The summed E-state index contributed by atoms with van der Waals surface area (Å²) >= 11 is 0. The molecule has 0 heterocycles. The molecule has 0 spiro atoms. The highest BCUT2D eigenvalue weighted by molar-refractivity contribution is 4.74. The van der Waals surface area contributed by atoms with Gasteiger partial charge in [-0.1, -0.05) is 25.7 Å². The lowest BCUT2D eigenvalue weighted by molar-refractivity contribution is -0.135. The molecule has 1 rings (SSSR count). The van der Waals surface area contributed by atoms with Gasteiger partial charge in [-0.3, -0.25) is 11.3 Å². The van der Waals surface area contributed by atoms with E-state index in [-0.39, 0.29) is 12.5 Å². The molecule has 5 heteroatoms. The van der Waals surface area contributed by atoms with Crippen molar-refractivity contribution < 1.29 is 13.2 Å². The molecule has 1 saturated carbocycles. The summed E-state index contributed by atoms with van der Waals surface area (Å²) in [5.41, 5.74) is 2.65. The monoisotopic (exact) mass is 238 g/mol. The first-order valence-electron chi connectivity index (χ1n) is 6.04. The predicted molar refractivity (Wildman–Crippen MR) is 57.6 cm³/mol. The van der Waals surface area contributed by atoms with E-state index in [1.807, 2.05) is 0 Å². The van der Waals surface area contributed by atoms with Gasteiger partial charge in [-0.15, -0.1) is 0 Å². The Bertz CT molecular complexity index is 188. The number of hydrogen-bond donors (Lipinski definition) is 2. The third kappa shape index (κ3) is 5.70. The number of hydrogen-bond acceptors (Lipinski definition) is 2. The van der Waals surface area contributed by atoms with E-state index in [1.165, 1.54) is 25.7 Å². The lowest BCUT2D eigenvalue weighted by atomic mass is 9.95. The minimum atomic E-state index is -4.04. The van der Waals surface area contributed by atoms with Gasteiger partial charge in [0.25, 0.3) is 0 Å². The molecule has 0 aromatic heterocycles. The Morgan fingerprint density at radius 1 is 1.25 bits per heavy atom. The Kier molecular flexibility index (Phi) is 5.55. The van der Waals surface area contributed by atoms with E-state index < -0.39 is 12.6 Å². The molecule has 2 nitrogen and oxygen atoms in total. The molecular formula is C11H21F3N2. The van der Waals surface area contributed by atoms with E-state index in [9.17, 15) is 13.2 Å². The van der Waals surface area contributed by atoms with Crippen molar-refractivity contribution in [3.63, 3.8) is 0 Å². The van der Waals surface area contributed by atoms with Gasteiger partial charge in [0.1, 0.15) is 0 Å². The average molecular weight is 238 g/mol. The molecule has 0 aromatic carbocycles. The Morgan fingerprint density at radius 3 is 2.38 bits per heavy atom. The third-order valence-electron chi connectivity index (χ3n) is 3.34. The summed E-state index contributed by atoms with van der Waals surface area (Å²) in [5, 5.41) is 0. The number of alkyl halides is 3. The van der Waals surface area contributed by atoms with Crippen LogP contribution in [0.1, 0.15) is 51.4 Å². The molecule has 1 aliphatic rings. The first-order chi connectivity index (χ1) is 7.51. The molecule has 1 aliphatic carbocycles. The second-order valence-corrected chi connectivity index (χ2v) is 4.76. The minimum absolute atomic E-state index is 0.0467. The molecular weight excluding hydrogens is 217 g/mol. The van der Waals surface area contributed by atoms with Gasteiger partial charge < -0.3 is 0 Å². The van der Waals surface area contributed by atoms with Crippen molar-refractivity contribution >= 4 is 0 Å². The summed E-state index contributed by atoms with van der Waals surface area (Å²) in [6.07, 6.45) is 1.80. The van der Waals surface area contributed by atoms with Crippen molar-refractivity contribution in [2.45, 2.75) is 63.6 Å². The van der Waals surface area contributed by atoms with Crippen LogP contribution in [0.4, 0.5) is 13.2 Å². The smallest absolute Gasteiger partial charge is 0.271 e. The number of halogens is 3. The normalized spacial score (nSPS) is 20.2. The van der Waals surface area contributed by atoms with Gasteiger partial charge in [0.2, 0.25) is 0 Å². The predicted octanol–water partition coefficient (Wildman–Crippen LogP) is 3.13. The minimum Gasteiger partial charge on any atom is -0.271 e. The van der Waals surface area contributed by atoms with E-state index in [4.69, 9.17) is 5.84 Å². The molecule has 96 valence electrons.